The maximum Gasteiger partial charge on any atom is 0.246 e. The summed E-state index contributed by atoms with van der Waals surface area (Å²) in [7, 11) is 0. The van der Waals surface area contributed by atoms with Gasteiger partial charge in [0, 0.05) is 24.7 Å². The van der Waals surface area contributed by atoms with Crippen molar-refractivity contribution in [3.05, 3.63) is 35.9 Å². The lowest BCUT2D eigenvalue weighted by Crippen LogP contribution is -2.28. The van der Waals surface area contributed by atoms with Crippen LogP contribution in [0.3, 0.4) is 0 Å². The molecule has 0 N–H and O–H groups in total. The van der Waals surface area contributed by atoms with E-state index in [0.717, 1.165) is 24.4 Å². The number of amides is 1. The number of benzene rings is 1. The molecule has 0 spiro atoms. The van der Waals surface area contributed by atoms with Crippen molar-refractivity contribution in [2.75, 3.05) is 19.7 Å². The molecule has 0 aliphatic heterocycles. The minimum absolute atomic E-state index is 0.0336. The maximum atomic E-state index is 11.8. The monoisotopic (exact) mass is 247 g/mol. The van der Waals surface area contributed by atoms with Gasteiger partial charge in [-0.05, 0) is 32.9 Å². The first kappa shape index (κ1) is 14.3. The zero-order valence-corrected chi connectivity index (χ0v) is 11.3. The first-order valence-electron chi connectivity index (χ1n) is 6.41. The van der Waals surface area contributed by atoms with Gasteiger partial charge < -0.3 is 9.64 Å². The van der Waals surface area contributed by atoms with E-state index in [4.69, 9.17) is 4.74 Å². The van der Waals surface area contributed by atoms with E-state index in [9.17, 15) is 4.79 Å². The van der Waals surface area contributed by atoms with Crippen LogP contribution in [0.15, 0.2) is 30.3 Å². The molecule has 0 aromatic heterocycles. The number of likely N-dealkylation sites (N-methyl/N-ethyl adjacent to an activating group) is 1. The van der Waals surface area contributed by atoms with Gasteiger partial charge in [-0.3, -0.25) is 4.79 Å². The Kier molecular flexibility index (Phi) is 5.98. The average Bonchev–Trinajstić information content (AvgIpc) is 2.39. The highest BCUT2D eigenvalue weighted by atomic mass is 16.5. The van der Waals surface area contributed by atoms with Gasteiger partial charge >= 0.3 is 0 Å². The molecule has 0 fully saturated rings. The highest BCUT2D eigenvalue weighted by Gasteiger charge is 2.05. The summed E-state index contributed by atoms with van der Waals surface area (Å²) in [5.74, 6) is 0.842. The Morgan fingerprint density at radius 1 is 1.22 bits per heavy atom. The molecule has 18 heavy (non-hydrogen) atoms. The van der Waals surface area contributed by atoms with E-state index in [-0.39, 0.29) is 5.91 Å². The van der Waals surface area contributed by atoms with Crippen LogP contribution in [0.25, 0.3) is 6.08 Å². The minimum atomic E-state index is 0.0336. The second-order valence-electron chi connectivity index (χ2n) is 3.81. The van der Waals surface area contributed by atoms with E-state index in [1.165, 1.54) is 0 Å². The van der Waals surface area contributed by atoms with Gasteiger partial charge in [0.05, 0.1) is 6.61 Å². The molecular weight excluding hydrogens is 226 g/mol. The molecule has 3 heteroatoms. The second kappa shape index (κ2) is 7.54. The molecule has 1 rings (SSSR count). The van der Waals surface area contributed by atoms with Gasteiger partial charge in [-0.1, -0.05) is 18.2 Å². The van der Waals surface area contributed by atoms with Gasteiger partial charge in [0.25, 0.3) is 0 Å². The molecule has 0 radical (unpaired) electrons. The largest absolute Gasteiger partial charge is 0.493 e. The molecule has 0 heterocycles. The minimum Gasteiger partial charge on any atom is -0.493 e. The van der Waals surface area contributed by atoms with Gasteiger partial charge in [-0.2, -0.15) is 0 Å². The fourth-order valence-electron chi connectivity index (χ4n) is 1.71. The Bertz CT molecular complexity index is 409. The van der Waals surface area contributed by atoms with Crippen LogP contribution in [0, 0.1) is 0 Å². The van der Waals surface area contributed by atoms with Crippen LogP contribution in [-0.4, -0.2) is 30.5 Å². The molecule has 1 aromatic carbocycles. The van der Waals surface area contributed by atoms with Crippen molar-refractivity contribution in [1.29, 1.82) is 0 Å². The van der Waals surface area contributed by atoms with Gasteiger partial charge in [0.15, 0.2) is 0 Å². The third-order valence-corrected chi connectivity index (χ3v) is 2.70. The lowest BCUT2D eigenvalue weighted by atomic mass is 10.2. The van der Waals surface area contributed by atoms with Crippen molar-refractivity contribution in [1.82, 2.24) is 4.90 Å². The first-order valence-corrected chi connectivity index (χ1v) is 6.41. The van der Waals surface area contributed by atoms with Gasteiger partial charge in [-0.25, -0.2) is 0 Å². The quantitative estimate of drug-likeness (QED) is 0.723. The molecule has 0 bridgehead atoms. The molecule has 98 valence electrons. The lowest BCUT2D eigenvalue weighted by Gasteiger charge is -2.16. The van der Waals surface area contributed by atoms with Crippen LogP contribution in [0.5, 0.6) is 5.75 Å². The molecule has 0 aliphatic carbocycles. The van der Waals surface area contributed by atoms with Crippen molar-refractivity contribution in [3.63, 3.8) is 0 Å². The van der Waals surface area contributed by atoms with Crippen molar-refractivity contribution >= 4 is 12.0 Å². The predicted octanol–water partition coefficient (Wildman–Crippen LogP) is 2.97. The van der Waals surface area contributed by atoms with Crippen molar-refractivity contribution in [3.8, 4) is 5.75 Å². The van der Waals surface area contributed by atoms with E-state index in [0.29, 0.717) is 6.61 Å². The van der Waals surface area contributed by atoms with E-state index in [2.05, 4.69) is 0 Å². The van der Waals surface area contributed by atoms with Gasteiger partial charge in [0.2, 0.25) is 5.91 Å². The molecule has 0 atom stereocenters. The molecule has 1 aromatic rings. The summed E-state index contributed by atoms with van der Waals surface area (Å²) in [6, 6.07) is 7.71. The summed E-state index contributed by atoms with van der Waals surface area (Å²) in [4.78, 5) is 13.6. The standard InChI is InChI=1S/C15H21NO2/c1-4-16(5-2)15(17)12-11-13-9-7-8-10-14(13)18-6-3/h7-12H,4-6H2,1-3H3/b12-11+. The molecular formula is C15H21NO2. The summed E-state index contributed by atoms with van der Waals surface area (Å²) in [5, 5.41) is 0. The number of carbonyl (C=O) groups excluding carboxylic acids is 1. The highest BCUT2D eigenvalue weighted by molar-refractivity contribution is 5.92. The fourth-order valence-corrected chi connectivity index (χ4v) is 1.71. The summed E-state index contributed by atoms with van der Waals surface area (Å²) < 4.78 is 5.51. The summed E-state index contributed by atoms with van der Waals surface area (Å²) in [6.45, 7) is 7.97. The Morgan fingerprint density at radius 2 is 1.89 bits per heavy atom. The smallest absolute Gasteiger partial charge is 0.246 e. The molecule has 0 saturated carbocycles. The molecule has 0 aliphatic rings. The number of ether oxygens (including phenoxy) is 1. The normalized spacial score (nSPS) is 10.6. The maximum absolute atomic E-state index is 11.8. The van der Waals surface area contributed by atoms with Crippen LogP contribution >= 0.6 is 0 Å². The third-order valence-electron chi connectivity index (χ3n) is 2.70. The summed E-state index contributed by atoms with van der Waals surface area (Å²) in [6.07, 6.45) is 3.41. The van der Waals surface area contributed by atoms with E-state index in [1.54, 1.807) is 11.0 Å². The van der Waals surface area contributed by atoms with Gasteiger partial charge in [0.1, 0.15) is 5.75 Å². The number of para-hydroxylation sites is 1. The number of nitrogens with zero attached hydrogens (tertiary/aromatic N) is 1. The topological polar surface area (TPSA) is 29.5 Å². The van der Waals surface area contributed by atoms with Crippen molar-refractivity contribution in [2.24, 2.45) is 0 Å². The summed E-state index contributed by atoms with van der Waals surface area (Å²) >= 11 is 0. The SMILES string of the molecule is CCOc1ccccc1/C=C/C(=O)N(CC)CC. The molecule has 3 nitrogen and oxygen atoms in total. The first-order chi connectivity index (χ1) is 8.72. The van der Waals surface area contributed by atoms with Crippen molar-refractivity contribution < 1.29 is 9.53 Å². The van der Waals surface area contributed by atoms with Gasteiger partial charge in [-0.15, -0.1) is 0 Å². The van der Waals surface area contributed by atoms with E-state index < -0.39 is 0 Å². The average molecular weight is 247 g/mol. The van der Waals surface area contributed by atoms with E-state index >= 15 is 0 Å². The Morgan fingerprint density at radius 3 is 2.50 bits per heavy atom. The Hall–Kier alpha value is -1.77. The van der Waals surface area contributed by atoms with Crippen LogP contribution in [-0.2, 0) is 4.79 Å². The fraction of sp³-hybridized carbons (Fsp3) is 0.400. The number of hydrogen-bond acceptors (Lipinski definition) is 2. The van der Waals surface area contributed by atoms with Crippen LogP contribution in [0.2, 0.25) is 0 Å². The molecule has 1 amide bonds. The number of carbonyl (C=O) groups is 1. The number of hydrogen-bond donors (Lipinski definition) is 0. The lowest BCUT2D eigenvalue weighted by molar-refractivity contribution is -0.125. The Labute approximate surface area is 109 Å². The summed E-state index contributed by atoms with van der Waals surface area (Å²) in [5.41, 5.74) is 0.930. The number of rotatable bonds is 6. The van der Waals surface area contributed by atoms with Crippen LogP contribution in [0.4, 0.5) is 0 Å². The Balaban J connectivity index is 2.80. The van der Waals surface area contributed by atoms with Crippen LogP contribution in [0.1, 0.15) is 26.3 Å². The van der Waals surface area contributed by atoms with Crippen LogP contribution < -0.4 is 4.74 Å². The molecule has 0 saturated heterocycles. The zero-order chi connectivity index (χ0) is 13.4. The van der Waals surface area contributed by atoms with Crippen molar-refractivity contribution in [2.45, 2.75) is 20.8 Å². The second-order valence-corrected chi connectivity index (χ2v) is 3.81. The van der Waals surface area contributed by atoms with E-state index in [1.807, 2.05) is 51.1 Å². The molecule has 0 unspecified atom stereocenters. The zero-order valence-electron chi connectivity index (χ0n) is 11.3. The third kappa shape index (κ3) is 3.91. The highest BCUT2D eigenvalue weighted by Crippen LogP contribution is 2.19. The predicted molar refractivity (Wildman–Crippen MR) is 74.6 cm³/mol.